The Balaban J connectivity index is 2.18. The number of esters is 1. The molecule has 0 aromatic rings. The minimum Gasteiger partial charge on any atom is -0.458 e. The van der Waals surface area contributed by atoms with Crippen LogP contribution in [0.4, 0.5) is 0 Å². The van der Waals surface area contributed by atoms with E-state index in [0.29, 0.717) is 6.54 Å². The third-order valence-electron chi connectivity index (χ3n) is 2.07. The summed E-state index contributed by atoms with van der Waals surface area (Å²) in [5.41, 5.74) is 0. The van der Waals surface area contributed by atoms with Gasteiger partial charge in [0.15, 0.2) is 6.04 Å². The molecule has 0 spiro atoms. The maximum Gasteiger partial charge on any atom is 0.333 e. The van der Waals surface area contributed by atoms with Crippen LogP contribution in [0.2, 0.25) is 0 Å². The van der Waals surface area contributed by atoms with E-state index in [1.54, 1.807) is 0 Å². The van der Waals surface area contributed by atoms with E-state index >= 15 is 0 Å². The molecule has 1 fully saturated rings. The fourth-order valence-corrected chi connectivity index (χ4v) is 1.44. The topological polar surface area (TPSA) is 71.2 Å². The van der Waals surface area contributed by atoms with Gasteiger partial charge in [-0.25, -0.2) is 4.79 Å². The summed E-state index contributed by atoms with van der Waals surface area (Å²) in [5, 5.41) is 16.2. The highest BCUT2D eigenvalue weighted by atomic mass is 16.6. The number of ether oxygens (including phenoxy) is 1. The lowest BCUT2D eigenvalue weighted by molar-refractivity contribution is -0.143. The molecule has 2 aliphatic heterocycles. The van der Waals surface area contributed by atoms with E-state index in [9.17, 15) is 4.79 Å². The molecular formula is C6H8N2O3. The van der Waals surface area contributed by atoms with E-state index in [-0.39, 0.29) is 24.6 Å². The van der Waals surface area contributed by atoms with Gasteiger partial charge in [-0.2, -0.15) is 10.2 Å². The number of aliphatic hydroxyl groups excluding tert-OH is 1. The lowest BCUT2D eigenvalue weighted by Gasteiger charge is -2.09. The minimum absolute atomic E-state index is 0.0208. The highest BCUT2D eigenvalue weighted by Crippen LogP contribution is 2.29. The maximum atomic E-state index is 10.9. The molecule has 0 aromatic heterocycles. The fraction of sp³-hybridized carbons (Fsp3) is 0.833. The third-order valence-corrected chi connectivity index (χ3v) is 2.07. The number of cyclic esters (lactones) is 1. The Bertz CT molecular complexity index is 216. The first kappa shape index (κ1) is 6.72. The Hall–Kier alpha value is -0.970. The summed E-state index contributed by atoms with van der Waals surface area (Å²) in [6.45, 7) is 0.375. The normalized spacial score (nSPS) is 40.8. The molecule has 0 amide bonds. The van der Waals surface area contributed by atoms with Crippen LogP contribution in [0, 0.1) is 5.92 Å². The summed E-state index contributed by atoms with van der Waals surface area (Å²) in [7, 11) is 0. The molecule has 0 aromatic carbocycles. The molecule has 0 radical (unpaired) electrons. The zero-order valence-corrected chi connectivity index (χ0v) is 5.80. The van der Waals surface area contributed by atoms with Gasteiger partial charge in [-0.15, -0.1) is 0 Å². The van der Waals surface area contributed by atoms with Gasteiger partial charge in [0.2, 0.25) is 0 Å². The molecule has 0 bridgehead atoms. The Kier molecular flexibility index (Phi) is 1.38. The standard InChI is InChI=1S/C6H8N2O3/c9-2-4-3-1-7-8-5(3)6(10)11-4/h3-5,9H,1-2H2/t3?,4-,5?/m1/s1. The number of azo groups is 1. The Labute approximate surface area is 63.1 Å². The van der Waals surface area contributed by atoms with E-state index in [1.807, 2.05) is 0 Å². The van der Waals surface area contributed by atoms with Crippen LogP contribution in [-0.4, -0.2) is 36.4 Å². The van der Waals surface area contributed by atoms with Crippen molar-refractivity contribution < 1.29 is 14.6 Å². The smallest absolute Gasteiger partial charge is 0.333 e. The van der Waals surface area contributed by atoms with Gasteiger partial charge in [-0.3, -0.25) is 0 Å². The highest BCUT2D eigenvalue weighted by molar-refractivity contribution is 5.79. The molecule has 11 heavy (non-hydrogen) atoms. The summed E-state index contributed by atoms with van der Waals surface area (Å²) in [4.78, 5) is 10.9. The first-order valence-electron chi connectivity index (χ1n) is 3.51. The molecule has 3 atom stereocenters. The van der Waals surface area contributed by atoms with Crippen LogP contribution in [0.15, 0.2) is 10.2 Å². The predicted molar refractivity (Wildman–Crippen MR) is 34.0 cm³/mol. The second-order valence-corrected chi connectivity index (χ2v) is 2.71. The number of hydrogen-bond acceptors (Lipinski definition) is 5. The van der Waals surface area contributed by atoms with Crippen molar-refractivity contribution in [1.82, 2.24) is 0 Å². The molecular weight excluding hydrogens is 148 g/mol. The second kappa shape index (κ2) is 2.27. The van der Waals surface area contributed by atoms with Gasteiger partial charge in [0.25, 0.3) is 0 Å². The monoisotopic (exact) mass is 156 g/mol. The number of rotatable bonds is 1. The molecule has 60 valence electrons. The lowest BCUT2D eigenvalue weighted by Crippen LogP contribution is -2.25. The molecule has 5 heteroatoms. The molecule has 2 heterocycles. The molecule has 0 aliphatic carbocycles. The summed E-state index contributed by atoms with van der Waals surface area (Å²) in [6.07, 6.45) is -0.387. The lowest BCUT2D eigenvalue weighted by atomic mass is 9.99. The van der Waals surface area contributed by atoms with Crippen molar-refractivity contribution in [2.75, 3.05) is 13.2 Å². The van der Waals surface area contributed by atoms with Crippen molar-refractivity contribution in [2.45, 2.75) is 12.1 Å². The Morgan fingerprint density at radius 2 is 2.55 bits per heavy atom. The van der Waals surface area contributed by atoms with Gasteiger partial charge >= 0.3 is 5.97 Å². The van der Waals surface area contributed by atoms with E-state index in [4.69, 9.17) is 9.84 Å². The number of carbonyl (C=O) groups is 1. The summed E-state index contributed by atoms with van der Waals surface area (Å²) in [5.74, 6) is -0.372. The van der Waals surface area contributed by atoms with Crippen LogP contribution in [0.1, 0.15) is 0 Å². The molecule has 1 saturated heterocycles. The van der Waals surface area contributed by atoms with Crippen LogP contribution < -0.4 is 0 Å². The average molecular weight is 156 g/mol. The Morgan fingerprint density at radius 1 is 1.73 bits per heavy atom. The van der Waals surface area contributed by atoms with Crippen LogP contribution in [0.25, 0.3) is 0 Å². The van der Waals surface area contributed by atoms with E-state index in [2.05, 4.69) is 10.2 Å². The maximum absolute atomic E-state index is 10.9. The molecule has 2 unspecified atom stereocenters. The summed E-state index contributed by atoms with van der Waals surface area (Å²) >= 11 is 0. The van der Waals surface area contributed by atoms with Crippen LogP contribution in [0.5, 0.6) is 0 Å². The number of aliphatic hydroxyl groups is 1. The van der Waals surface area contributed by atoms with Gasteiger partial charge in [-0.1, -0.05) is 0 Å². The SMILES string of the molecule is O=C1O[C@H](CO)C2CN=NC12. The van der Waals surface area contributed by atoms with E-state index < -0.39 is 6.04 Å². The molecule has 0 saturated carbocycles. The number of hydrogen-bond donors (Lipinski definition) is 1. The van der Waals surface area contributed by atoms with Gasteiger partial charge in [-0.05, 0) is 0 Å². The zero-order valence-electron chi connectivity index (χ0n) is 5.80. The van der Waals surface area contributed by atoms with Crippen molar-refractivity contribution >= 4 is 5.97 Å². The van der Waals surface area contributed by atoms with Gasteiger partial charge in [0.05, 0.1) is 19.1 Å². The van der Waals surface area contributed by atoms with Crippen LogP contribution >= 0.6 is 0 Å². The van der Waals surface area contributed by atoms with Crippen molar-refractivity contribution in [3.8, 4) is 0 Å². The molecule has 2 aliphatic rings. The van der Waals surface area contributed by atoms with Gasteiger partial charge in [0.1, 0.15) is 6.10 Å². The summed E-state index contributed by atoms with van der Waals surface area (Å²) < 4.78 is 4.83. The molecule has 5 nitrogen and oxygen atoms in total. The van der Waals surface area contributed by atoms with Crippen molar-refractivity contribution in [1.29, 1.82) is 0 Å². The molecule has 1 N–H and O–H groups in total. The average Bonchev–Trinajstić information content (AvgIpc) is 2.54. The molecule has 2 rings (SSSR count). The van der Waals surface area contributed by atoms with Crippen molar-refractivity contribution in [3.63, 3.8) is 0 Å². The van der Waals surface area contributed by atoms with E-state index in [0.717, 1.165) is 0 Å². The van der Waals surface area contributed by atoms with Gasteiger partial charge in [0, 0.05) is 0 Å². The largest absolute Gasteiger partial charge is 0.458 e. The quantitative estimate of drug-likeness (QED) is 0.513. The highest BCUT2D eigenvalue weighted by Gasteiger charge is 2.47. The zero-order chi connectivity index (χ0) is 7.84. The second-order valence-electron chi connectivity index (χ2n) is 2.71. The number of nitrogens with zero attached hydrogens (tertiary/aromatic N) is 2. The van der Waals surface area contributed by atoms with Crippen LogP contribution in [0.3, 0.4) is 0 Å². The summed E-state index contributed by atoms with van der Waals surface area (Å²) in [6, 6.07) is -0.438. The van der Waals surface area contributed by atoms with Gasteiger partial charge < -0.3 is 9.84 Å². The van der Waals surface area contributed by atoms with Crippen molar-refractivity contribution in [2.24, 2.45) is 16.1 Å². The first-order valence-corrected chi connectivity index (χ1v) is 3.51. The predicted octanol–water partition coefficient (Wildman–Crippen LogP) is -0.645. The first-order chi connectivity index (χ1) is 5.33. The fourth-order valence-electron chi connectivity index (χ4n) is 1.44. The third kappa shape index (κ3) is 0.841. The number of fused-ring (bicyclic) bond motifs is 1. The van der Waals surface area contributed by atoms with Crippen LogP contribution in [-0.2, 0) is 9.53 Å². The Morgan fingerprint density at radius 3 is 3.27 bits per heavy atom. The van der Waals surface area contributed by atoms with E-state index in [1.165, 1.54) is 0 Å². The minimum atomic E-state index is -0.438. The number of carbonyl (C=O) groups excluding carboxylic acids is 1. The van der Waals surface area contributed by atoms with Crippen molar-refractivity contribution in [3.05, 3.63) is 0 Å².